The molecule has 112 valence electrons. The number of aliphatic hydroxyl groups is 1. The van der Waals surface area contributed by atoms with E-state index in [2.05, 4.69) is 4.74 Å². The average Bonchev–Trinajstić information content (AvgIpc) is 3.22. The molecule has 1 aromatic rings. The second-order valence-corrected chi connectivity index (χ2v) is 5.05. The van der Waals surface area contributed by atoms with Crippen molar-refractivity contribution in [2.75, 3.05) is 6.61 Å². The summed E-state index contributed by atoms with van der Waals surface area (Å²) in [6.07, 6.45) is 3.59. The lowest BCUT2D eigenvalue weighted by Crippen LogP contribution is -2.06. The molecule has 0 aliphatic heterocycles. The molecule has 0 heterocycles. The first-order valence-electron chi connectivity index (χ1n) is 6.99. The van der Waals surface area contributed by atoms with Crippen LogP contribution in [0.4, 0.5) is 8.78 Å². The van der Waals surface area contributed by atoms with Crippen molar-refractivity contribution in [1.29, 1.82) is 0 Å². The van der Waals surface area contributed by atoms with E-state index < -0.39 is 12.7 Å². The van der Waals surface area contributed by atoms with Crippen molar-refractivity contribution in [2.24, 2.45) is 5.92 Å². The maximum atomic E-state index is 12.3. The fourth-order valence-electron chi connectivity index (χ4n) is 2.16. The molecule has 0 amide bonds. The number of hydrogen-bond acceptors (Lipinski definition) is 3. The van der Waals surface area contributed by atoms with Crippen molar-refractivity contribution in [3.8, 4) is 11.5 Å². The number of ether oxygens (including phenoxy) is 2. The van der Waals surface area contributed by atoms with Gasteiger partial charge in [-0.25, -0.2) is 0 Å². The third-order valence-electron chi connectivity index (χ3n) is 3.41. The van der Waals surface area contributed by atoms with Crippen molar-refractivity contribution in [1.82, 2.24) is 0 Å². The van der Waals surface area contributed by atoms with Crippen LogP contribution in [-0.2, 0) is 0 Å². The molecule has 5 heteroatoms. The maximum Gasteiger partial charge on any atom is 0.387 e. The van der Waals surface area contributed by atoms with Gasteiger partial charge in [0.15, 0.2) is 11.5 Å². The minimum atomic E-state index is -2.89. The molecule has 1 unspecified atom stereocenters. The van der Waals surface area contributed by atoms with Crippen LogP contribution in [0.2, 0.25) is 0 Å². The SMILES string of the molecule is CCOc1cc(C(O)CCC2CC2)ccc1OC(F)F. The summed E-state index contributed by atoms with van der Waals surface area (Å²) in [5, 5.41) is 10.1. The monoisotopic (exact) mass is 286 g/mol. The van der Waals surface area contributed by atoms with E-state index in [1.54, 1.807) is 19.1 Å². The summed E-state index contributed by atoms with van der Waals surface area (Å²) in [7, 11) is 0. The zero-order valence-corrected chi connectivity index (χ0v) is 11.5. The number of halogens is 2. The van der Waals surface area contributed by atoms with Crippen LogP contribution in [0.5, 0.6) is 11.5 Å². The summed E-state index contributed by atoms with van der Waals surface area (Å²) in [5.41, 5.74) is 0.677. The van der Waals surface area contributed by atoms with E-state index in [4.69, 9.17) is 4.74 Å². The van der Waals surface area contributed by atoms with E-state index in [0.29, 0.717) is 18.6 Å². The predicted octanol–water partition coefficient (Wildman–Crippen LogP) is 3.91. The Kier molecular flexibility index (Phi) is 5.17. The molecule has 0 bridgehead atoms. The molecular weight excluding hydrogens is 266 g/mol. The van der Waals surface area contributed by atoms with Gasteiger partial charge in [0.25, 0.3) is 0 Å². The second kappa shape index (κ2) is 6.88. The first-order valence-corrected chi connectivity index (χ1v) is 6.99. The Bertz CT molecular complexity index is 433. The molecule has 20 heavy (non-hydrogen) atoms. The second-order valence-electron chi connectivity index (χ2n) is 5.05. The van der Waals surface area contributed by atoms with Crippen LogP contribution >= 0.6 is 0 Å². The minimum absolute atomic E-state index is 0.00000656. The molecule has 1 atom stereocenters. The van der Waals surface area contributed by atoms with E-state index in [9.17, 15) is 13.9 Å². The molecule has 1 fully saturated rings. The quantitative estimate of drug-likeness (QED) is 0.787. The van der Waals surface area contributed by atoms with Crippen LogP contribution in [0, 0.1) is 5.92 Å². The van der Waals surface area contributed by atoms with E-state index in [0.717, 1.165) is 12.3 Å². The molecule has 0 saturated heterocycles. The molecule has 1 saturated carbocycles. The fourth-order valence-corrected chi connectivity index (χ4v) is 2.16. The minimum Gasteiger partial charge on any atom is -0.490 e. The summed E-state index contributed by atoms with van der Waals surface area (Å²) in [4.78, 5) is 0. The highest BCUT2D eigenvalue weighted by molar-refractivity contribution is 5.43. The highest BCUT2D eigenvalue weighted by Crippen LogP contribution is 2.37. The van der Waals surface area contributed by atoms with E-state index in [-0.39, 0.29) is 11.5 Å². The van der Waals surface area contributed by atoms with Gasteiger partial charge in [0.1, 0.15) is 0 Å². The lowest BCUT2D eigenvalue weighted by molar-refractivity contribution is -0.0514. The summed E-state index contributed by atoms with van der Waals surface area (Å²) in [6.45, 7) is -0.774. The van der Waals surface area contributed by atoms with E-state index in [1.807, 2.05) is 0 Å². The number of hydrogen-bond donors (Lipinski definition) is 1. The zero-order valence-electron chi connectivity index (χ0n) is 11.5. The Morgan fingerprint density at radius 1 is 1.30 bits per heavy atom. The van der Waals surface area contributed by atoms with Crippen LogP contribution in [-0.4, -0.2) is 18.3 Å². The molecule has 1 aliphatic rings. The van der Waals surface area contributed by atoms with Crippen molar-refractivity contribution in [2.45, 2.75) is 45.3 Å². The summed E-state index contributed by atoms with van der Waals surface area (Å²) in [6, 6.07) is 4.61. The Labute approximate surface area is 117 Å². The molecule has 3 nitrogen and oxygen atoms in total. The Balaban J connectivity index is 2.06. The summed E-state index contributed by atoms with van der Waals surface area (Å²) in [5.74, 6) is 0.994. The number of benzene rings is 1. The molecule has 1 N–H and O–H groups in total. The van der Waals surface area contributed by atoms with Gasteiger partial charge in [-0.1, -0.05) is 18.9 Å². The third-order valence-corrected chi connectivity index (χ3v) is 3.41. The summed E-state index contributed by atoms with van der Waals surface area (Å²) < 4.78 is 34.3. The van der Waals surface area contributed by atoms with Gasteiger partial charge in [0.2, 0.25) is 0 Å². The van der Waals surface area contributed by atoms with Gasteiger partial charge in [0, 0.05) is 0 Å². The van der Waals surface area contributed by atoms with Crippen LogP contribution in [0.3, 0.4) is 0 Å². The third kappa shape index (κ3) is 4.34. The Hall–Kier alpha value is -1.36. The molecule has 2 rings (SSSR count). The zero-order chi connectivity index (χ0) is 14.5. The Morgan fingerprint density at radius 3 is 2.65 bits per heavy atom. The van der Waals surface area contributed by atoms with E-state index in [1.165, 1.54) is 18.9 Å². The lowest BCUT2D eigenvalue weighted by Gasteiger charge is -2.15. The molecular formula is C15H20F2O3. The van der Waals surface area contributed by atoms with Gasteiger partial charge >= 0.3 is 6.61 Å². The van der Waals surface area contributed by atoms with Gasteiger partial charge in [-0.15, -0.1) is 0 Å². The van der Waals surface area contributed by atoms with Gasteiger partial charge in [-0.2, -0.15) is 8.78 Å². The number of aliphatic hydroxyl groups excluding tert-OH is 1. The lowest BCUT2D eigenvalue weighted by atomic mass is 10.0. The van der Waals surface area contributed by atoms with Crippen molar-refractivity contribution >= 4 is 0 Å². The topological polar surface area (TPSA) is 38.7 Å². The standard InChI is InChI=1S/C15H20F2O3/c1-2-19-14-9-11(6-8-13(14)20-15(16)17)12(18)7-5-10-3-4-10/h6,8-10,12,15,18H,2-5,7H2,1H3. The molecule has 0 spiro atoms. The number of rotatable bonds is 8. The average molecular weight is 286 g/mol. The van der Waals surface area contributed by atoms with Crippen molar-refractivity contribution in [3.05, 3.63) is 23.8 Å². The Morgan fingerprint density at radius 2 is 2.05 bits per heavy atom. The largest absolute Gasteiger partial charge is 0.490 e. The van der Waals surface area contributed by atoms with Gasteiger partial charge in [0.05, 0.1) is 12.7 Å². The normalized spacial score (nSPS) is 16.2. The number of alkyl halides is 2. The molecule has 1 aliphatic carbocycles. The van der Waals surface area contributed by atoms with Crippen molar-refractivity contribution < 1.29 is 23.4 Å². The van der Waals surface area contributed by atoms with Gasteiger partial charge in [-0.3, -0.25) is 0 Å². The van der Waals surface area contributed by atoms with Crippen LogP contribution in [0.15, 0.2) is 18.2 Å². The fraction of sp³-hybridized carbons (Fsp3) is 0.600. The summed E-state index contributed by atoms with van der Waals surface area (Å²) >= 11 is 0. The highest BCUT2D eigenvalue weighted by Gasteiger charge is 2.23. The smallest absolute Gasteiger partial charge is 0.387 e. The highest BCUT2D eigenvalue weighted by atomic mass is 19.3. The molecule has 1 aromatic carbocycles. The first-order chi connectivity index (χ1) is 9.60. The van der Waals surface area contributed by atoms with E-state index >= 15 is 0 Å². The van der Waals surface area contributed by atoms with Crippen LogP contribution in [0.1, 0.15) is 44.3 Å². The predicted molar refractivity (Wildman–Crippen MR) is 71.2 cm³/mol. The van der Waals surface area contributed by atoms with Crippen LogP contribution in [0.25, 0.3) is 0 Å². The van der Waals surface area contributed by atoms with Gasteiger partial charge in [-0.05, 0) is 43.4 Å². The van der Waals surface area contributed by atoms with Crippen LogP contribution < -0.4 is 9.47 Å². The van der Waals surface area contributed by atoms with Gasteiger partial charge < -0.3 is 14.6 Å². The molecule has 0 aromatic heterocycles. The maximum absolute atomic E-state index is 12.3. The molecule has 0 radical (unpaired) electrons. The van der Waals surface area contributed by atoms with Crippen molar-refractivity contribution in [3.63, 3.8) is 0 Å². The first kappa shape index (κ1) is 15.0.